The van der Waals surface area contributed by atoms with Crippen LogP contribution < -0.4 is 5.73 Å². The van der Waals surface area contributed by atoms with Crippen molar-refractivity contribution in [1.82, 2.24) is 0 Å². The summed E-state index contributed by atoms with van der Waals surface area (Å²) in [4.78, 5) is 0. The Balaban J connectivity index is 2.09. The third kappa shape index (κ3) is 4.31. The normalized spacial score (nSPS) is 25.8. The maximum absolute atomic E-state index is 5.93. The summed E-state index contributed by atoms with van der Waals surface area (Å²) in [5.74, 6) is 2.11. The lowest BCUT2D eigenvalue weighted by Crippen LogP contribution is -2.44. The van der Waals surface area contributed by atoms with E-state index >= 15 is 0 Å². The Morgan fingerprint density at radius 1 is 1.69 bits per heavy atom. The van der Waals surface area contributed by atoms with Crippen molar-refractivity contribution in [2.45, 2.75) is 25.5 Å². The molecular formula is C9H19NO2S. The number of hydrogen-bond donors (Lipinski definition) is 1. The Morgan fingerprint density at radius 2 is 2.54 bits per heavy atom. The van der Waals surface area contributed by atoms with Crippen LogP contribution in [0.4, 0.5) is 0 Å². The molecule has 2 atom stereocenters. The highest BCUT2D eigenvalue weighted by atomic mass is 32.2. The van der Waals surface area contributed by atoms with Crippen LogP contribution in [0.15, 0.2) is 0 Å². The van der Waals surface area contributed by atoms with Gasteiger partial charge in [0.05, 0.1) is 25.4 Å². The topological polar surface area (TPSA) is 44.5 Å². The molecule has 1 heterocycles. The lowest BCUT2D eigenvalue weighted by Gasteiger charge is -2.27. The SMILES string of the molecule is CCCOCC(N)C1CSCCO1. The molecule has 0 amide bonds. The van der Waals surface area contributed by atoms with Crippen molar-refractivity contribution in [2.75, 3.05) is 31.3 Å². The fourth-order valence-corrected chi connectivity index (χ4v) is 2.18. The Kier molecular flexibility index (Phi) is 5.78. The molecule has 0 saturated carbocycles. The van der Waals surface area contributed by atoms with Crippen LogP contribution in [0, 0.1) is 0 Å². The minimum Gasteiger partial charge on any atom is -0.380 e. The van der Waals surface area contributed by atoms with Crippen molar-refractivity contribution >= 4 is 11.8 Å². The summed E-state index contributed by atoms with van der Waals surface area (Å²) < 4.78 is 10.9. The van der Waals surface area contributed by atoms with Crippen molar-refractivity contribution in [3.8, 4) is 0 Å². The molecule has 0 radical (unpaired) electrons. The van der Waals surface area contributed by atoms with Gasteiger partial charge in [0.15, 0.2) is 0 Å². The molecule has 0 aromatic rings. The van der Waals surface area contributed by atoms with E-state index in [-0.39, 0.29) is 12.1 Å². The van der Waals surface area contributed by atoms with E-state index in [2.05, 4.69) is 6.92 Å². The molecule has 1 fully saturated rings. The minimum atomic E-state index is 0.0411. The summed E-state index contributed by atoms with van der Waals surface area (Å²) in [6.45, 7) is 4.35. The third-order valence-corrected chi connectivity index (χ3v) is 3.00. The van der Waals surface area contributed by atoms with Crippen LogP contribution in [0.25, 0.3) is 0 Å². The lowest BCUT2D eigenvalue weighted by molar-refractivity contribution is 0.0220. The zero-order chi connectivity index (χ0) is 9.52. The zero-order valence-electron chi connectivity index (χ0n) is 8.20. The molecule has 0 aromatic heterocycles. The van der Waals surface area contributed by atoms with E-state index in [1.807, 2.05) is 11.8 Å². The predicted molar refractivity (Wildman–Crippen MR) is 56.2 cm³/mol. The first kappa shape index (κ1) is 11.3. The molecule has 1 saturated heterocycles. The van der Waals surface area contributed by atoms with Gasteiger partial charge in [-0.15, -0.1) is 0 Å². The van der Waals surface area contributed by atoms with E-state index in [9.17, 15) is 0 Å². The highest BCUT2D eigenvalue weighted by Crippen LogP contribution is 2.14. The van der Waals surface area contributed by atoms with Crippen molar-refractivity contribution in [3.05, 3.63) is 0 Å². The molecule has 78 valence electrons. The van der Waals surface area contributed by atoms with Gasteiger partial charge in [-0.25, -0.2) is 0 Å². The zero-order valence-corrected chi connectivity index (χ0v) is 9.02. The van der Waals surface area contributed by atoms with Crippen molar-refractivity contribution < 1.29 is 9.47 Å². The molecule has 2 unspecified atom stereocenters. The summed E-state index contributed by atoms with van der Waals surface area (Å²) in [6, 6.07) is 0.0411. The van der Waals surface area contributed by atoms with Crippen LogP contribution in [-0.4, -0.2) is 43.5 Å². The van der Waals surface area contributed by atoms with Gasteiger partial charge in [-0.2, -0.15) is 11.8 Å². The monoisotopic (exact) mass is 205 g/mol. The number of nitrogens with two attached hydrogens (primary N) is 1. The van der Waals surface area contributed by atoms with Gasteiger partial charge in [0, 0.05) is 18.1 Å². The molecular weight excluding hydrogens is 186 g/mol. The fourth-order valence-electron chi connectivity index (χ4n) is 1.22. The maximum atomic E-state index is 5.93. The molecule has 0 bridgehead atoms. The summed E-state index contributed by atoms with van der Waals surface area (Å²) in [5.41, 5.74) is 5.93. The molecule has 0 aromatic carbocycles. The van der Waals surface area contributed by atoms with Crippen LogP contribution in [0.1, 0.15) is 13.3 Å². The second kappa shape index (κ2) is 6.65. The molecule has 4 heteroatoms. The van der Waals surface area contributed by atoms with Gasteiger partial charge >= 0.3 is 0 Å². The Labute approximate surface area is 84.3 Å². The van der Waals surface area contributed by atoms with E-state index < -0.39 is 0 Å². The van der Waals surface area contributed by atoms with Gasteiger partial charge in [-0.1, -0.05) is 6.92 Å². The van der Waals surface area contributed by atoms with Crippen molar-refractivity contribution in [3.63, 3.8) is 0 Å². The standard InChI is InChI=1S/C9H19NO2S/c1-2-3-11-6-8(10)9-7-13-5-4-12-9/h8-9H,2-7,10H2,1H3. The average molecular weight is 205 g/mol. The molecule has 13 heavy (non-hydrogen) atoms. The van der Waals surface area contributed by atoms with Gasteiger partial charge in [-0.05, 0) is 6.42 Å². The largest absolute Gasteiger partial charge is 0.380 e. The number of rotatable bonds is 5. The molecule has 1 aliphatic rings. The Bertz CT molecular complexity index is 129. The van der Waals surface area contributed by atoms with Crippen LogP contribution in [0.2, 0.25) is 0 Å². The lowest BCUT2D eigenvalue weighted by atomic mass is 10.2. The van der Waals surface area contributed by atoms with Gasteiger partial charge in [0.2, 0.25) is 0 Å². The van der Waals surface area contributed by atoms with E-state index in [0.717, 1.165) is 31.1 Å². The highest BCUT2D eigenvalue weighted by molar-refractivity contribution is 7.99. The van der Waals surface area contributed by atoms with Crippen LogP contribution in [-0.2, 0) is 9.47 Å². The smallest absolute Gasteiger partial charge is 0.0839 e. The van der Waals surface area contributed by atoms with Crippen LogP contribution >= 0.6 is 11.8 Å². The fraction of sp³-hybridized carbons (Fsp3) is 1.00. The van der Waals surface area contributed by atoms with Crippen molar-refractivity contribution in [1.29, 1.82) is 0 Å². The second-order valence-corrected chi connectivity index (χ2v) is 4.37. The van der Waals surface area contributed by atoms with Crippen LogP contribution in [0.3, 0.4) is 0 Å². The molecule has 1 aliphatic heterocycles. The number of thioether (sulfide) groups is 1. The molecule has 0 aliphatic carbocycles. The summed E-state index contributed by atoms with van der Waals surface area (Å²) >= 11 is 1.91. The molecule has 3 nitrogen and oxygen atoms in total. The van der Waals surface area contributed by atoms with Gasteiger partial charge in [0.25, 0.3) is 0 Å². The van der Waals surface area contributed by atoms with Gasteiger partial charge in [-0.3, -0.25) is 0 Å². The number of ether oxygens (including phenoxy) is 2. The van der Waals surface area contributed by atoms with E-state index in [4.69, 9.17) is 15.2 Å². The quantitative estimate of drug-likeness (QED) is 0.677. The molecule has 2 N–H and O–H groups in total. The van der Waals surface area contributed by atoms with Gasteiger partial charge < -0.3 is 15.2 Å². The molecule has 0 spiro atoms. The molecule has 1 rings (SSSR count). The third-order valence-electron chi connectivity index (χ3n) is 1.98. The van der Waals surface area contributed by atoms with E-state index in [1.54, 1.807) is 0 Å². The van der Waals surface area contributed by atoms with Gasteiger partial charge in [0.1, 0.15) is 0 Å². The first-order valence-corrected chi connectivity index (χ1v) is 6.02. The maximum Gasteiger partial charge on any atom is 0.0839 e. The van der Waals surface area contributed by atoms with E-state index in [0.29, 0.717) is 6.61 Å². The highest BCUT2D eigenvalue weighted by Gasteiger charge is 2.21. The Hall–Kier alpha value is 0.230. The van der Waals surface area contributed by atoms with Crippen LogP contribution in [0.5, 0.6) is 0 Å². The number of hydrogen-bond acceptors (Lipinski definition) is 4. The summed E-state index contributed by atoms with van der Waals surface area (Å²) in [5, 5.41) is 0. The minimum absolute atomic E-state index is 0.0411. The first-order valence-electron chi connectivity index (χ1n) is 4.87. The van der Waals surface area contributed by atoms with Crippen molar-refractivity contribution in [2.24, 2.45) is 5.73 Å². The van der Waals surface area contributed by atoms with E-state index in [1.165, 1.54) is 0 Å². The summed E-state index contributed by atoms with van der Waals surface area (Å²) in [7, 11) is 0. The Morgan fingerprint density at radius 3 is 3.15 bits per heavy atom. The second-order valence-electron chi connectivity index (χ2n) is 3.22. The predicted octanol–water partition coefficient (Wildman–Crippen LogP) is 0.872. The first-order chi connectivity index (χ1) is 6.34. The average Bonchev–Trinajstić information content (AvgIpc) is 2.19. The summed E-state index contributed by atoms with van der Waals surface area (Å²) in [6.07, 6.45) is 1.24.